The van der Waals surface area contributed by atoms with Gasteiger partial charge in [0.2, 0.25) is 5.91 Å². The molecule has 3 aromatic rings. The number of likely N-dealkylation sites (N-methyl/N-ethyl adjacent to an activating group) is 2. The van der Waals surface area contributed by atoms with Crippen LogP contribution >= 0.6 is 46.4 Å². The number of urea groups is 1. The maximum atomic E-state index is 12.4. The first-order chi connectivity index (χ1) is 20.1. The average molecular weight is 705 g/mol. The SMILES string of the molecule is C.C.CN(CC(O)c1ccc(Cl)c(Cl)c1)C(=O)Nc1ccc(CNC(=O)C(C)(C)C)cc1.CNCC(O)c1ccc(Cl)c(Cl)c1. The molecule has 0 aliphatic carbocycles. The molecule has 0 saturated carbocycles. The zero-order valence-corrected chi connectivity index (χ0v) is 27.7. The third kappa shape index (κ3) is 14.2. The summed E-state index contributed by atoms with van der Waals surface area (Å²) in [6, 6.07) is 16.8. The molecule has 0 aliphatic heterocycles. The number of rotatable bonds is 9. The number of carbonyl (C=O) groups is 2. The Morgan fingerprint density at radius 3 is 1.73 bits per heavy atom. The second-order valence-electron chi connectivity index (χ2n) is 10.9. The van der Waals surface area contributed by atoms with E-state index < -0.39 is 17.6 Å². The van der Waals surface area contributed by atoms with Crippen LogP contribution in [-0.2, 0) is 11.3 Å². The third-order valence-corrected chi connectivity index (χ3v) is 7.67. The van der Waals surface area contributed by atoms with Crippen LogP contribution < -0.4 is 16.0 Å². The quantitative estimate of drug-likeness (QED) is 0.154. The van der Waals surface area contributed by atoms with Gasteiger partial charge in [0.1, 0.15) is 0 Å². The molecule has 8 nitrogen and oxygen atoms in total. The van der Waals surface area contributed by atoms with Crippen LogP contribution in [0.25, 0.3) is 0 Å². The molecule has 0 radical (unpaired) electrons. The number of nitrogens with zero attached hydrogens (tertiary/aromatic N) is 1. The molecule has 3 amide bonds. The smallest absolute Gasteiger partial charge is 0.321 e. The van der Waals surface area contributed by atoms with Crippen molar-refractivity contribution in [3.63, 3.8) is 0 Å². The number of benzene rings is 3. The van der Waals surface area contributed by atoms with Gasteiger partial charge in [-0.05, 0) is 60.1 Å². The Bertz CT molecular complexity index is 1370. The summed E-state index contributed by atoms with van der Waals surface area (Å²) in [5, 5.41) is 30.2. The van der Waals surface area contributed by atoms with Crippen molar-refractivity contribution in [1.29, 1.82) is 0 Å². The Labute approximate surface area is 288 Å². The summed E-state index contributed by atoms with van der Waals surface area (Å²) in [5.74, 6) is -0.0259. The van der Waals surface area contributed by atoms with Crippen molar-refractivity contribution in [2.45, 2.75) is 54.4 Å². The van der Waals surface area contributed by atoms with E-state index in [1.165, 1.54) is 4.90 Å². The van der Waals surface area contributed by atoms with E-state index >= 15 is 0 Å². The molecular weight excluding hydrogens is 658 g/mol. The molecule has 3 aromatic carbocycles. The number of anilines is 1. The van der Waals surface area contributed by atoms with E-state index in [9.17, 15) is 19.8 Å². The van der Waals surface area contributed by atoms with Gasteiger partial charge in [-0.1, -0.05) is 106 Å². The molecule has 2 unspecified atom stereocenters. The minimum Gasteiger partial charge on any atom is -0.387 e. The lowest BCUT2D eigenvalue weighted by Gasteiger charge is -2.22. The number of amides is 3. The molecule has 12 heteroatoms. The van der Waals surface area contributed by atoms with Gasteiger partial charge >= 0.3 is 6.03 Å². The van der Waals surface area contributed by atoms with Crippen LogP contribution in [0.5, 0.6) is 0 Å². The molecule has 2 atom stereocenters. The zero-order chi connectivity index (χ0) is 32.3. The van der Waals surface area contributed by atoms with E-state index in [-0.39, 0.29) is 33.3 Å². The standard InChI is InChI=1S/C22H27Cl2N3O3.C9H11Cl2NO.2CH4/c1-22(2,3)20(29)25-12-14-5-8-16(9-6-14)26-21(30)27(4)13-19(28)15-7-10-17(23)18(24)11-15;1-12-5-9(13)6-2-3-7(10)8(11)4-6;;/h5-11,19,28H,12-13H2,1-4H3,(H,25,29)(H,26,30);2-4,9,12-13H,5H2,1H3;2*1H4. The lowest BCUT2D eigenvalue weighted by atomic mass is 9.95. The Kier molecular flexibility index (Phi) is 18.7. The third-order valence-electron chi connectivity index (χ3n) is 6.19. The molecular formula is C33H46Cl4N4O4. The molecule has 0 bridgehead atoms. The number of halogens is 4. The van der Waals surface area contributed by atoms with E-state index in [1.807, 2.05) is 32.9 Å². The largest absolute Gasteiger partial charge is 0.387 e. The number of nitrogens with one attached hydrogen (secondary N) is 3. The zero-order valence-electron chi connectivity index (χ0n) is 24.7. The Morgan fingerprint density at radius 1 is 0.800 bits per heavy atom. The van der Waals surface area contributed by atoms with Gasteiger partial charge in [-0.15, -0.1) is 0 Å². The Balaban J connectivity index is 0.00000109. The summed E-state index contributed by atoms with van der Waals surface area (Å²) in [6.45, 7) is 6.57. The van der Waals surface area contributed by atoms with Crippen LogP contribution in [0.15, 0.2) is 60.7 Å². The molecule has 5 N–H and O–H groups in total. The van der Waals surface area contributed by atoms with E-state index in [4.69, 9.17) is 46.4 Å². The first-order valence-electron chi connectivity index (χ1n) is 13.4. The molecule has 250 valence electrons. The fourth-order valence-corrected chi connectivity index (χ4v) is 4.18. The first-order valence-corrected chi connectivity index (χ1v) is 14.9. The average Bonchev–Trinajstić information content (AvgIpc) is 2.95. The lowest BCUT2D eigenvalue weighted by molar-refractivity contribution is -0.128. The van der Waals surface area contributed by atoms with Crippen molar-refractivity contribution >= 4 is 64.0 Å². The summed E-state index contributed by atoms with van der Waals surface area (Å²) >= 11 is 23.4. The Morgan fingerprint density at radius 2 is 1.29 bits per heavy atom. The molecule has 0 aromatic heterocycles. The normalized spacial score (nSPS) is 11.9. The van der Waals surface area contributed by atoms with Crippen molar-refractivity contribution in [2.75, 3.05) is 32.5 Å². The van der Waals surface area contributed by atoms with Gasteiger partial charge in [0.05, 0.1) is 38.8 Å². The van der Waals surface area contributed by atoms with E-state index in [1.54, 1.807) is 62.6 Å². The minimum absolute atomic E-state index is 0. The van der Waals surface area contributed by atoms with Crippen molar-refractivity contribution in [3.05, 3.63) is 97.4 Å². The van der Waals surface area contributed by atoms with Gasteiger partial charge < -0.3 is 31.1 Å². The maximum absolute atomic E-state index is 12.4. The Hall–Kier alpha value is -2.56. The highest BCUT2D eigenvalue weighted by atomic mass is 35.5. The number of carbonyl (C=O) groups excluding carboxylic acids is 2. The van der Waals surface area contributed by atoms with Gasteiger partial charge in [-0.25, -0.2) is 4.79 Å². The fourth-order valence-electron chi connectivity index (χ4n) is 3.57. The first kappa shape index (κ1) is 42.4. The van der Waals surface area contributed by atoms with Crippen molar-refractivity contribution in [3.8, 4) is 0 Å². The van der Waals surface area contributed by atoms with Crippen molar-refractivity contribution < 1.29 is 19.8 Å². The van der Waals surface area contributed by atoms with E-state index in [0.717, 1.165) is 11.1 Å². The number of aliphatic hydroxyl groups excluding tert-OH is 2. The summed E-state index contributed by atoms with van der Waals surface area (Å²) < 4.78 is 0. The van der Waals surface area contributed by atoms with Gasteiger partial charge in [-0.2, -0.15) is 0 Å². The molecule has 0 aliphatic rings. The topological polar surface area (TPSA) is 114 Å². The lowest BCUT2D eigenvalue weighted by Crippen LogP contribution is -2.35. The fraction of sp³-hybridized carbons (Fsp3) is 0.394. The van der Waals surface area contributed by atoms with Crippen LogP contribution in [0.1, 0.15) is 64.5 Å². The molecule has 3 rings (SSSR count). The van der Waals surface area contributed by atoms with Crippen molar-refractivity contribution in [2.24, 2.45) is 5.41 Å². The number of hydrogen-bond donors (Lipinski definition) is 5. The summed E-state index contributed by atoms with van der Waals surface area (Å²) in [4.78, 5) is 25.7. The minimum atomic E-state index is -0.899. The highest BCUT2D eigenvalue weighted by Crippen LogP contribution is 2.27. The van der Waals surface area contributed by atoms with Gasteiger partial charge in [0, 0.05) is 31.2 Å². The highest BCUT2D eigenvalue weighted by Gasteiger charge is 2.20. The predicted octanol–water partition coefficient (Wildman–Crippen LogP) is 8.37. The highest BCUT2D eigenvalue weighted by molar-refractivity contribution is 6.42. The second-order valence-corrected chi connectivity index (χ2v) is 12.5. The van der Waals surface area contributed by atoms with Crippen LogP contribution in [0.3, 0.4) is 0 Å². The molecule has 45 heavy (non-hydrogen) atoms. The van der Waals surface area contributed by atoms with Crippen molar-refractivity contribution in [1.82, 2.24) is 15.5 Å². The van der Waals surface area contributed by atoms with E-state index in [2.05, 4.69) is 16.0 Å². The van der Waals surface area contributed by atoms with Gasteiger partial charge in [0.25, 0.3) is 0 Å². The maximum Gasteiger partial charge on any atom is 0.321 e. The molecule has 0 fully saturated rings. The van der Waals surface area contributed by atoms with Crippen LogP contribution in [0.2, 0.25) is 20.1 Å². The van der Waals surface area contributed by atoms with Crippen LogP contribution in [-0.4, -0.2) is 54.2 Å². The monoisotopic (exact) mass is 702 g/mol. The summed E-state index contributed by atoms with van der Waals surface area (Å²) in [6.07, 6.45) is -1.44. The molecule has 0 heterocycles. The van der Waals surface area contributed by atoms with Gasteiger partial charge in [-0.3, -0.25) is 4.79 Å². The van der Waals surface area contributed by atoms with Crippen LogP contribution in [0, 0.1) is 5.41 Å². The molecule has 0 saturated heterocycles. The van der Waals surface area contributed by atoms with E-state index in [0.29, 0.717) is 44.4 Å². The summed E-state index contributed by atoms with van der Waals surface area (Å²) in [5.41, 5.74) is 2.44. The summed E-state index contributed by atoms with van der Waals surface area (Å²) in [7, 11) is 3.37. The van der Waals surface area contributed by atoms with Gasteiger partial charge in [0.15, 0.2) is 0 Å². The number of aliphatic hydroxyl groups is 2. The second kappa shape index (κ2) is 19.8. The molecule has 0 spiro atoms. The predicted molar refractivity (Wildman–Crippen MR) is 190 cm³/mol. The van der Waals surface area contributed by atoms with Crippen LogP contribution in [0.4, 0.5) is 10.5 Å². The number of hydrogen-bond acceptors (Lipinski definition) is 5.